The molecule has 0 saturated carbocycles. The maximum Gasteiger partial charge on any atom is 0.416 e. The van der Waals surface area contributed by atoms with Crippen LogP contribution in [0.1, 0.15) is 15.9 Å². The molecule has 0 saturated heterocycles. The molecule has 6 heteroatoms. The molecule has 104 valence electrons. The number of halogens is 4. The highest BCUT2D eigenvalue weighted by atomic mass is 79.9. The first-order chi connectivity index (χ1) is 9.38. The summed E-state index contributed by atoms with van der Waals surface area (Å²) in [7, 11) is 0. The van der Waals surface area contributed by atoms with Gasteiger partial charge in [-0.15, -0.1) is 0 Å². The molecular weight excluding hydrogens is 335 g/mol. The van der Waals surface area contributed by atoms with Gasteiger partial charge in [0.15, 0.2) is 0 Å². The van der Waals surface area contributed by atoms with Gasteiger partial charge in [0.1, 0.15) is 0 Å². The van der Waals surface area contributed by atoms with Gasteiger partial charge in [0.2, 0.25) is 0 Å². The van der Waals surface area contributed by atoms with Crippen molar-refractivity contribution in [3.05, 3.63) is 64.1 Å². The number of benzene rings is 2. The molecule has 2 aromatic carbocycles. The topological polar surface area (TPSA) is 29.1 Å². The molecule has 0 atom stereocenters. The summed E-state index contributed by atoms with van der Waals surface area (Å²) in [4.78, 5) is 11.9. The molecular formula is C14H9BrF3NO. The first-order valence-electron chi connectivity index (χ1n) is 5.61. The van der Waals surface area contributed by atoms with E-state index in [1.54, 1.807) is 24.3 Å². The molecule has 0 aromatic heterocycles. The Labute approximate surface area is 121 Å². The molecule has 0 fully saturated rings. The zero-order valence-corrected chi connectivity index (χ0v) is 11.6. The minimum atomic E-state index is -4.41. The summed E-state index contributed by atoms with van der Waals surface area (Å²) in [6, 6.07) is 11.0. The standard InChI is InChI=1S/C14H9BrF3NO/c15-11-3-1-2-4-12(11)19-13(20)9-5-7-10(8-6-9)14(16,17)18/h1-8H,(H,19,20). The lowest BCUT2D eigenvalue weighted by Gasteiger charge is -2.09. The first-order valence-corrected chi connectivity index (χ1v) is 6.40. The van der Waals surface area contributed by atoms with E-state index < -0.39 is 17.6 Å². The van der Waals surface area contributed by atoms with Crippen molar-refractivity contribution in [2.24, 2.45) is 0 Å². The van der Waals surface area contributed by atoms with E-state index in [9.17, 15) is 18.0 Å². The Balaban J connectivity index is 2.16. The lowest BCUT2D eigenvalue weighted by Crippen LogP contribution is -2.13. The average molecular weight is 344 g/mol. The molecule has 2 nitrogen and oxygen atoms in total. The summed E-state index contributed by atoms with van der Waals surface area (Å²) in [5.74, 6) is -0.467. The molecule has 0 heterocycles. The van der Waals surface area contributed by atoms with Crippen LogP contribution in [-0.2, 0) is 6.18 Å². The third-order valence-corrected chi connectivity index (χ3v) is 3.29. The number of carbonyl (C=O) groups excluding carboxylic acids is 1. The van der Waals surface area contributed by atoms with Gasteiger partial charge in [0.25, 0.3) is 5.91 Å². The van der Waals surface area contributed by atoms with E-state index in [4.69, 9.17) is 0 Å². The fourth-order valence-electron chi connectivity index (χ4n) is 1.57. The Morgan fingerprint density at radius 2 is 1.60 bits per heavy atom. The molecule has 0 aliphatic heterocycles. The molecule has 1 amide bonds. The van der Waals surface area contributed by atoms with E-state index in [2.05, 4.69) is 21.2 Å². The van der Waals surface area contributed by atoms with Gasteiger partial charge >= 0.3 is 6.18 Å². The van der Waals surface area contributed by atoms with E-state index in [-0.39, 0.29) is 5.56 Å². The van der Waals surface area contributed by atoms with Crippen LogP contribution in [0.25, 0.3) is 0 Å². The molecule has 0 unspecified atom stereocenters. The predicted octanol–water partition coefficient (Wildman–Crippen LogP) is 4.72. The van der Waals surface area contributed by atoms with Gasteiger partial charge in [-0.05, 0) is 52.3 Å². The minimum Gasteiger partial charge on any atom is -0.321 e. The number of rotatable bonds is 2. The maximum atomic E-state index is 12.4. The van der Waals surface area contributed by atoms with Gasteiger partial charge in [-0.3, -0.25) is 4.79 Å². The zero-order chi connectivity index (χ0) is 14.8. The van der Waals surface area contributed by atoms with Crippen molar-refractivity contribution in [3.63, 3.8) is 0 Å². The van der Waals surface area contributed by atoms with Crippen molar-refractivity contribution >= 4 is 27.5 Å². The number of amides is 1. The number of anilines is 1. The zero-order valence-electron chi connectivity index (χ0n) is 10.0. The van der Waals surface area contributed by atoms with Crippen molar-refractivity contribution in [1.82, 2.24) is 0 Å². The van der Waals surface area contributed by atoms with E-state index in [1.165, 1.54) is 0 Å². The largest absolute Gasteiger partial charge is 0.416 e. The number of carbonyl (C=O) groups is 1. The van der Waals surface area contributed by atoms with Crippen LogP contribution in [0.4, 0.5) is 18.9 Å². The van der Waals surface area contributed by atoms with Crippen LogP contribution < -0.4 is 5.32 Å². The van der Waals surface area contributed by atoms with Gasteiger partial charge in [-0.25, -0.2) is 0 Å². The second-order valence-electron chi connectivity index (χ2n) is 4.01. The first kappa shape index (κ1) is 14.6. The van der Waals surface area contributed by atoms with Crippen LogP contribution in [0.3, 0.4) is 0 Å². The molecule has 2 rings (SSSR count). The Morgan fingerprint density at radius 3 is 2.15 bits per heavy atom. The number of nitrogens with one attached hydrogen (secondary N) is 1. The van der Waals surface area contributed by atoms with Gasteiger partial charge in [0.05, 0.1) is 11.3 Å². The van der Waals surface area contributed by atoms with E-state index in [1.807, 2.05) is 0 Å². The van der Waals surface area contributed by atoms with E-state index in [0.717, 1.165) is 24.3 Å². The van der Waals surface area contributed by atoms with Crippen molar-refractivity contribution in [1.29, 1.82) is 0 Å². The maximum absolute atomic E-state index is 12.4. The number of alkyl halides is 3. The summed E-state index contributed by atoms with van der Waals surface area (Å²) in [5, 5.41) is 2.62. The highest BCUT2D eigenvalue weighted by Crippen LogP contribution is 2.29. The normalized spacial score (nSPS) is 11.2. The van der Waals surface area contributed by atoms with Crippen LogP contribution in [0, 0.1) is 0 Å². The van der Waals surface area contributed by atoms with Crippen molar-refractivity contribution in [3.8, 4) is 0 Å². The van der Waals surface area contributed by atoms with Gasteiger partial charge in [-0.2, -0.15) is 13.2 Å². The number of hydrogen-bond donors (Lipinski definition) is 1. The summed E-state index contributed by atoms with van der Waals surface area (Å²) in [6.45, 7) is 0. The predicted molar refractivity (Wildman–Crippen MR) is 73.5 cm³/mol. The molecule has 0 bridgehead atoms. The number of hydrogen-bond acceptors (Lipinski definition) is 1. The van der Waals surface area contributed by atoms with E-state index in [0.29, 0.717) is 10.2 Å². The second kappa shape index (κ2) is 5.66. The van der Waals surface area contributed by atoms with Crippen LogP contribution in [0.15, 0.2) is 53.0 Å². The Morgan fingerprint density at radius 1 is 1.00 bits per heavy atom. The molecule has 0 aliphatic carbocycles. The number of para-hydroxylation sites is 1. The highest BCUT2D eigenvalue weighted by Gasteiger charge is 2.30. The van der Waals surface area contributed by atoms with Gasteiger partial charge in [0, 0.05) is 10.0 Å². The Kier molecular flexibility index (Phi) is 4.13. The second-order valence-corrected chi connectivity index (χ2v) is 4.86. The third-order valence-electron chi connectivity index (χ3n) is 2.60. The Hall–Kier alpha value is -1.82. The van der Waals surface area contributed by atoms with Gasteiger partial charge in [-0.1, -0.05) is 12.1 Å². The van der Waals surface area contributed by atoms with Crippen molar-refractivity contribution in [2.45, 2.75) is 6.18 Å². The summed E-state index contributed by atoms with van der Waals surface area (Å²) < 4.78 is 37.9. The SMILES string of the molecule is O=C(Nc1ccccc1Br)c1ccc(C(F)(F)F)cc1. The fourth-order valence-corrected chi connectivity index (χ4v) is 1.95. The molecule has 0 aliphatic rings. The van der Waals surface area contributed by atoms with Crippen molar-refractivity contribution in [2.75, 3.05) is 5.32 Å². The molecule has 2 aromatic rings. The van der Waals surface area contributed by atoms with Crippen molar-refractivity contribution < 1.29 is 18.0 Å². The van der Waals surface area contributed by atoms with Crippen LogP contribution >= 0.6 is 15.9 Å². The van der Waals surface area contributed by atoms with Crippen LogP contribution in [-0.4, -0.2) is 5.91 Å². The minimum absolute atomic E-state index is 0.161. The quantitative estimate of drug-likeness (QED) is 0.839. The van der Waals surface area contributed by atoms with Crippen LogP contribution in [0.2, 0.25) is 0 Å². The summed E-state index contributed by atoms with van der Waals surface area (Å²) >= 11 is 3.27. The lowest BCUT2D eigenvalue weighted by atomic mass is 10.1. The lowest BCUT2D eigenvalue weighted by molar-refractivity contribution is -0.137. The van der Waals surface area contributed by atoms with Crippen LogP contribution in [0.5, 0.6) is 0 Å². The van der Waals surface area contributed by atoms with E-state index >= 15 is 0 Å². The summed E-state index contributed by atoms with van der Waals surface area (Å²) in [5.41, 5.74) is -0.0684. The molecule has 20 heavy (non-hydrogen) atoms. The fraction of sp³-hybridized carbons (Fsp3) is 0.0714. The third kappa shape index (κ3) is 3.39. The molecule has 1 N–H and O–H groups in total. The highest BCUT2D eigenvalue weighted by molar-refractivity contribution is 9.10. The molecule has 0 radical (unpaired) electrons. The monoisotopic (exact) mass is 343 g/mol. The average Bonchev–Trinajstić information content (AvgIpc) is 2.40. The van der Waals surface area contributed by atoms with Gasteiger partial charge < -0.3 is 5.32 Å². The molecule has 0 spiro atoms. The Bertz CT molecular complexity index is 623. The summed E-state index contributed by atoms with van der Waals surface area (Å²) in [6.07, 6.45) is -4.41. The smallest absolute Gasteiger partial charge is 0.321 e.